The topological polar surface area (TPSA) is 72.2 Å². The van der Waals surface area contributed by atoms with Gasteiger partial charge in [0.2, 0.25) is 0 Å². The van der Waals surface area contributed by atoms with E-state index in [0.29, 0.717) is 0 Å². The first-order valence-corrected chi connectivity index (χ1v) is 5.61. The van der Waals surface area contributed by atoms with Crippen LogP contribution in [0.15, 0.2) is 11.8 Å². The predicted octanol–water partition coefficient (Wildman–Crippen LogP) is 1.56. The van der Waals surface area contributed by atoms with Gasteiger partial charge in [0.15, 0.2) is 5.78 Å². The molecule has 2 saturated carbocycles. The molecule has 0 unspecified atom stereocenters. The van der Waals surface area contributed by atoms with E-state index >= 15 is 0 Å². The molecule has 88 valence electrons. The van der Waals surface area contributed by atoms with E-state index in [4.69, 9.17) is 5.73 Å². The van der Waals surface area contributed by atoms with Gasteiger partial charge >= 0.3 is 6.03 Å². The number of carbonyl (C=O) groups excluding carboxylic acids is 2. The molecule has 0 aromatic heterocycles. The molecule has 4 heteroatoms. The Morgan fingerprint density at radius 1 is 1.50 bits per heavy atom. The number of hydrogen-bond acceptors (Lipinski definition) is 2. The summed E-state index contributed by atoms with van der Waals surface area (Å²) in [5.74, 6) is 0.416. The smallest absolute Gasteiger partial charge is 0.316 e. The number of primary amides is 1. The molecule has 0 saturated heterocycles. The summed E-state index contributed by atoms with van der Waals surface area (Å²) in [6, 6.07) is -0.619. The summed E-state index contributed by atoms with van der Waals surface area (Å²) >= 11 is 0. The van der Waals surface area contributed by atoms with Crippen LogP contribution in [0.3, 0.4) is 0 Å². The predicted molar refractivity (Wildman–Crippen MR) is 60.4 cm³/mol. The van der Waals surface area contributed by atoms with Crippen LogP contribution < -0.4 is 11.1 Å². The number of carbonyl (C=O) groups is 2. The molecule has 2 aliphatic rings. The van der Waals surface area contributed by atoms with Gasteiger partial charge in [-0.15, -0.1) is 0 Å². The van der Waals surface area contributed by atoms with Crippen LogP contribution in [0.1, 0.15) is 33.6 Å². The lowest BCUT2D eigenvalue weighted by Gasteiger charge is -2.31. The van der Waals surface area contributed by atoms with E-state index in [0.717, 1.165) is 18.4 Å². The molecular weight excluding hydrogens is 204 g/mol. The monoisotopic (exact) mass is 222 g/mol. The van der Waals surface area contributed by atoms with E-state index in [-0.39, 0.29) is 22.5 Å². The minimum absolute atomic E-state index is 0.0186. The van der Waals surface area contributed by atoms with E-state index in [1.54, 1.807) is 0 Å². The summed E-state index contributed by atoms with van der Waals surface area (Å²) in [5.41, 5.74) is 5.45. The van der Waals surface area contributed by atoms with Gasteiger partial charge in [-0.2, -0.15) is 0 Å². The van der Waals surface area contributed by atoms with Gasteiger partial charge in [0.1, 0.15) is 0 Å². The van der Waals surface area contributed by atoms with Crippen LogP contribution in [0.4, 0.5) is 4.79 Å². The third-order valence-electron chi connectivity index (χ3n) is 4.73. The van der Waals surface area contributed by atoms with Gasteiger partial charge in [-0.25, -0.2) is 4.79 Å². The highest BCUT2D eigenvalue weighted by molar-refractivity contribution is 6.04. The SMILES string of the molecule is CC1(C)[C@@H]2CC[C@@]1(C)C(=O)/C2=C/NC(N)=O. The fraction of sp³-hybridized carbons (Fsp3) is 0.667. The zero-order chi connectivity index (χ0) is 12.1. The second-order valence-electron chi connectivity index (χ2n) is 5.58. The number of amides is 2. The van der Waals surface area contributed by atoms with E-state index in [1.807, 2.05) is 6.92 Å². The fourth-order valence-electron chi connectivity index (χ4n) is 3.24. The maximum absolute atomic E-state index is 12.3. The molecule has 2 rings (SSSR count). The van der Waals surface area contributed by atoms with E-state index in [2.05, 4.69) is 19.2 Å². The van der Waals surface area contributed by atoms with Gasteiger partial charge in [0, 0.05) is 17.2 Å². The normalized spacial score (nSPS) is 38.1. The lowest BCUT2D eigenvalue weighted by atomic mass is 9.70. The Balaban J connectivity index is 2.37. The zero-order valence-corrected chi connectivity index (χ0v) is 9.96. The van der Waals surface area contributed by atoms with Crippen molar-refractivity contribution in [3.63, 3.8) is 0 Å². The van der Waals surface area contributed by atoms with E-state index in [1.165, 1.54) is 6.20 Å². The second-order valence-corrected chi connectivity index (χ2v) is 5.58. The van der Waals surface area contributed by atoms with Crippen molar-refractivity contribution < 1.29 is 9.59 Å². The maximum atomic E-state index is 12.3. The summed E-state index contributed by atoms with van der Waals surface area (Å²) in [6.07, 6.45) is 3.46. The molecule has 0 spiro atoms. The molecule has 2 aliphatic carbocycles. The molecule has 2 amide bonds. The highest BCUT2D eigenvalue weighted by atomic mass is 16.2. The summed E-state index contributed by atoms with van der Waals surface area (Å²) in [5, 5.41) is 2.41. The lowest BCUT2D eigenvalue weighted by Crippen LogP contribution is -2.32. The Hall–Kier alpha value is -1.32. The molecule has 0 aliphatic heterocycles. The summed E-state index contributed by atoms with van der Waals surface area (Å²) in [4.78, 5) is 22.9. The second kappa shape index (κ2) is 3.09. The van der Waals surface area contributed by atoms with Crippen molar-refractivity contribution in [1.82, 2.24) is 5.32 Å². The molecule has 0 heterocycles. The van der Waals surface area contributed by atoms with Crippen LogP contribution in [0, 0.1) is 16.7 Å². The van der Waals surface area contributed by atoms with E-state index < -0.39 is 6.03 Å². The third-order valence-corrected chi connectivity index (χ3v) is 4.73. The molecule has 16 heavy (non-hydrogen) atoms. The average Bonchev–Trinajstić information content (AvgIpc) is 2.47. The molecule has 0 aromatic carbocycles. The van der Waals surface area contributed by atoms with Gasteiger partial charge in [-0.05, 0) is 24.2 Å². The number of nitrogens with one attached hydrogen (secondary N) is 1. The molecule has 2 bridgehead atoms. The van der Waals surface area contributed by atoms with Gasteiger partial charge in [-0.1, -0.05) is 20.8 Å². The molecule has 3 N–H and O–H groups in total. The highest BCUT2D eigenvalue weighted by Crippen LogP contribution is 2.65. The first-order valence-electron chi connectivity index (χ1n) is 5.61. The van der Waals surface area contributed by atoms with Gasteiger partial charge in [-0.3, -0.25) is 4.79 Å². The van der Waals surface area contributed by atoms with Crippen molar-refractivity contribution in [2.24, 2.45) is 22.5 Å². The standard InChI is InChI=1S/C12H18N2O2/c1-11(2)8-4-5-12(11,3)9(15)7(8)6-14-10(13)16/h6,8H,4-5H2,1-3H3,(H3,13,14,16)/b7-6+/t8-,12+/m1/s1. The van der Waals surface area contributed by atoms with Crippen molar-refractivity contribution in [3.05, 3.63) is 11.8 Å². The van der Waals surface area contributed by atoms with E-state index in [9.17, 15) is 9.59 Å². The number of fused-ring (bicyclic) bond motifs is 2. The first-order chi connectivity index (χ1) is 7.30. The van der Waals surface area contributed by atoms with Crippen molar-refractivity contribution in [3.8, 4) is 0 Å². The van der Waals surface area contributed by atoms with Crippen molar-refractivity contribution in [2.45, 2.75) is 33.6 Å². The summed E-state index contributed by atoms with van der Waals surface area (Å²) < 4.78 is 0. The number of hydrogen-bond donors (Lipinski definition) is 2. The molecule has 0 radical (unpaired) electrons. The molecular formula is C12H18N2O2. The Morgan fingerprint density at radius 2 is 2.12 bits per heavy atom. The zero-order valence-electron chi connectivity index (χ0n) is 9.96. The lowest BCUT2D eigenvalue weighted by molar-refractivity contribution is -0.125. The third kappa shape index (κ3) is 1.16. The maximum Gasteiger partial charge on any atom is 0.316 e. The number of urea groups is 1. The Bertz CT molecular complexity index is 398. The highest BCUT2D eigenvalue weighted by Gasteiger charge is 2.63. The van der Waals surface area contributed by atoms with Crippen molar-refractivity contribution in [1.29, 1.82) is 0 Å². The van der Waals surface area contributed by atoms with Crippen LogP contribution in [-0.2, 0) is 4.79 Å². The van der Waals surface area contributed by atoms with Crippen molar-refractivity contribution in [2.75, 3.05) is 0 Å². The Labute approximate surface area is 95.3 Å². The van der Waals surface area contributed by atoms with Gasteiger partial charge in [0.25, 0.3) is 0 Å². The van der Waals surface area contributed by atoms with Gasteiger partial charge in [0.05, 0.1) is 0 Å². The Kier molecular flexibility index (Phi) is 2.16. The largest absolute Gasteiger partial charge is 0.351 e. The first kappa shape index (κ1) is 11.2. The minimum atomic E-state index is -0.619. The van der Waals surface area contributed by atoms with Crippen LogP contribution in [0.2, 0.25) is 0 Å². The fourth-order valence-corrected chi connectivity index (χ4v) is 3.24. The quantitative estimate of drug-likeness (QED) is 0.661. The van der Waals surface area contributed by atoms with Crippen LogP contribution in [0.25, 0.3) is 0 Å². The number of ketones is 1. The van der Waals surface area contributed by atoms with Crippen LogP contribution >= 0.6 is 0 Å². The summed E-state index contributed by atoms with van der Waals surface area (Å²) in [6.45, 7) is 6.29. The average molecular weight is 222 g/mol. The van der Waals surface area contributed by atoms with Crippen LogP contribution in [-0.4, -0.2) is 11.8 Å². The Morgan fingerprint density at radius 3 is 2.56 bits per heavy atom. The van der Waals surface area contributed by atoms with Crippen molar-refractivity contribution >= 4 is 11.8 Å². The number of nitrogens with two attached hydrogens (primary N) is 1. The molecule has 2 atom stereocenters. The minimum Gasteiger partial charge on any atom is -0.351 e. The summed E-state index contributed by atoms with van der Waals surface area (Å²) in [7, 11) is 0. The molecule has 0 aromatic rings. The number of rotatable bonds is 1. The van der Waals surface area contributed by atoms with Gasteiger partial charge < -0.3 is 11.1 Å². The molecule has 4 nitrogen and oxygen atoms in total. The number of Topliss-reactive ketones (excluding diaryl/α,β-unsaturated/α-hetero) is 1. The molecule has 2 fully saturated rings. The van der Waals surface area contributed by atoms with Crippen LogP contribution in [0.5, 0.6) is 0 Å². The number of allylic oxidation sites excluding steroid dienone is 1.